The van der Waals surface area contributed by atoms with E-state index in [1.165, 1.54) is 12.2 Å². The van der Waals surface area contributed by atoms with Crippen LogP contribution in [0.2, 0.25) is 0 Å². The number of hydrogen-bond acceptors (Lipinski definition) is 2. The highest BCUT2D eigenvalue weighted by atomic mass is 16.3. The third-order valence-corrected chi connectivity index (χ3v) is 4.34. The third-order valence-electron chi connectivity index (χ3n) is 4.34. The van der Waals surface area contributed by atoms with Crippen molar-refractivity contribution in [1.82, 2.24) is 0 Å². The second kappa shape index (κ2) is 2.67. The van der Waals surface area contributed by atoms with Crippen molar-refractivity contribution >= 4 is 0 Å². The van der Waals surface area contributed by atoms with Crippen LogP contribution in [-0.2, 0) is 0 Å². The Balaban J connectivity index is 1.80. The lowest BCUT2D eigenvalue weighted by Crippen LogP contribution is -2.06. The fraction of sp³-hybridized carbons (Fsp3) is 0.692. The van der Waals surface area contributed by atoms with Gasteiger partial charge in [0, 0.05) is 17.9 Å². The van der Waals surface area contributed by atoms with Crippen LogP contribution in [0.15, 0.2) is 16.5 Å². The molecular formula is C13H19NO. The van der Waals surface area contributed by atoms with Crippen LogP contribution < -0.4 is 5.73 Å². The lowest BCUT2D eigenvalue weighted by Gasteiger charge is -1.98. The van der Waals surface area contributed by atoms with E-state index in [0.29, 0.717) is 11.8 Å². The predicted molar refractivity (Wildman–Crippen MR) is 59.7 cm³/mol. The Morgan fingerprint density at radius 2 is 1.87 bits per heavy atom. The van der Waals surface area contributed by atoms with Crippen molar-refractivity contribution in [2.45, 2.75) is 45.1 Å². The van der Waals surface area contributed by atoms with Crippen molar-refractivity contribution in [3.63, 3.8) is 0 Å². The van der Waals surface area contributed by atoms with Crippen LogP contribution >= 0.6 is 0 Å². The summed E-state index contributed by atoms with van der Waals surface area (Å²) in [4.78, 5) is 0. The zero-order valence-electron chi connectivity index (χ0n) is 9.66. The van der Waals surface area contributed by atoms with Crippen molar-refractivity contribution in [3.05, 3.63) is 23.7 Å². The monoisotopic (exact) mass is 205 g/mol. The molecule has 0 bridgehead atoms. The summed E-state index contributed by atoms with van der Waals surface area (Å²) in [6.45, 7) is 6.70. The van der Waals surface area contributed by atoms with Crippen LogP contribution in [0, 0.1) is 11.3 Å². The molecule has 0 aliphatic heterocycles. The van der Waals surface area contributed by atoms with Crippen LogP contribution in [0.4, 0.5) is 0 Å². The molecule has 1 aromatic heterocycles. The zero-order valence-corrected chi connectivity index (χ0v) is 9.66. The summed E-state index contributed by atoms with van der Waals surface area (Å²) in [5.74, 6) is 4.19. The highest BCUT2D eigenvalue weighted by Crippen LogP contribution is 2.58. The van der Waals surface area contributed by atoms with Gasteiger partial charge in [-0.2, -0.15) is 0 Å². The molecule has 1 aromatic rings. The molecular weight excluding hydrogens is 186 g/mol. The summed E-state index contributed by atoms with van der Waals surface area (Å²) in [6, 6.07) is 4.54. The van der Waals surface area contributed by atoms with E-state index in [0.717, 1.165) is 11.7 Å². The minimum Gasteiger partial charge on any atom is -0.465 e. The number of furan rings is 1. The van der Waals surface area contributed by atoms with E-state index in [2.05, 4.69) is 32.9 Å². The van der Waals surface area contributed by atoms with Crippen LogP contribution in [0.3, 0.4) is 0 Å². The summed E-state index contributed by atoms with van der Waals surface area (Å²) in [6.07, 6.45) is 1.28. The van der Waals surface area contributed by atoms with Gasteiger partial charge in [-0.3, -0.25) is 0 Å². The predicted octanol–water partition coefficient (Wildman–Crippen LogP) is 2.85. The van der Waals surface area contributed by atoms with Crippen molar-refractivity contribution < 1.29 is 4.42 Å². The molecule has 3 rings (SSSR count). The molecule has 0 saturated heterocycles. The van der Waals surface area contributed by atoms with Crippen LogP contribution in [0.1, 0.15) is 50.5 Å². The van der Waals surface area contributed by atoms with Gasteiger partial charge in [0.2, 0.25) is 0 Å². The van der Waals surface area contributed by atoms with E-state index in [-0.39, 0.29) is 11.5 Å². The Kier molecular flexibility index (Phi) is 1.69. The van der Waals surface area contributed by atoms with Crippen molar-refractivity contribution in [1.29, 1.82) is 0 Å². The third kappa shape index (κ3) is 1.27. The second-order valence-corrected chi connectivity index (χ2v) is 5.88. The average Bonchev–Trinajstić information content (AvgIpc) is 2.91. The molecule has 1 heterocycles. The molecule has 2 N–H and O–H groups in total. The lowest BCUT2D eigenvalue weighted by atomic mass is 10.1. The Morgan fingerprint density at radius 1 is 1.33 bits per heavy atom. The summed E-state index contributed by atoms with van der Waals surface area (Å²) in [5, 5.41) is 0. The molecule has 15 heavy (non-hydrogen) atoms. The Bertz CT molecular complexity index is 393. The van der Waals surface area contributed by atoms with Gasteiger partial charge in [0.25, 0.3) is 0 Å². The normalized spacial score (nSPS) is 41.6. The van der Waals surface area contributed by atoms with Gasteiger partial charge < -0.3 is 10.2 Å². The Labute approximate surface area is 90.8 Å². The van der Waals surface area contributed by atoms with Crippen LogP contribution in [0.5, 0.6) is 0 Å². The quantitative estimate of drug-likeness (QED) is 0.806. The van der Waals surface area contributed by atoms with E-state index >= 15 is 0 Å². The van der Waals surface area contributed by atoms with Gasteiger partial charge in [-0.05, 0) is 29.9 Å². The average molecular weight is 205 g/mol. The molecule has 2 aliphatic carbocycles. The summed E-state index contributed by atoms with van der Waals surface area (Å²) in [5.41, 5.74) is 6.27. The second-order valence-electron chi connectivity index (χ2n) is 5.88. The number of nitrogens with two attached hydrogens (primary N) is 1. The maximum absolute atomic E-state index is 6.04. The van der Waals surface area contributed by atoms with Gasteiger partial charge in [-0.1, -0.05) is 20.8 Å². The Morgan fingerprint density at radius 3 is 2.33 bits per heavy atom. The lowest BCUT2D eigenvalue weighted by molar-refractivity contribution is 0.444. The molecule has 0 amide bonds. The summed E-state index contributed by atoms with van der Waals surface area (Å²) in [7, 11) is 0. The van der Waals surface area contributed by atoms with Crippen molar-refractivity contribution in [2.24, 2.45) is 17.1 Å². The van der Waals surface area contributed by atoms with Gasteiger partial charge in [0.1, 0.15) is 11.5 Å². The van der Waals surface area contributed by atoms with Gasteiger partial charge in [0.15, 0.2) is 0 Å². The van der Waals surface area contributed by atoms with Crippen LogP contribution in [-0.4, -0.2) is 6.04 Å². The molecule has 0 radical (unpaired) electrons. The van der Waals surface area contributed by atoms with Crippen LogP contribution in [0.25, 0.3) is 0 Å². The van der Waals surface area contributed by atoms with Crippen molar-refractivity contribution in [2.75, 3.05) is 0 Å². The van der Waals surface area contributed by atoms with Crippen molar-refractivity contribution in [3.8, 4) is 0 Å². The standard InChI is InChI=1S/C13H19NO/c1-7-6-8(7)9-4-5-10(15-9)11-12(14)13(11,2)3/h4-5,7-8,11-12H,6,14H2,1-3H3. The first-order valence-electron chi connectivity index (χ1n) is 5.87. The van der Waals surface area contributed by atoms with E-state index in [1.807, 2.05) is 0 Å². The molecule has 2 saturated carbocycles. The van der Waals surface area contributed by atoms with Gasteiger partial charge in [-0.25, -0.2) is 0 Å². The molecule has 82 valence electrons. The fourth-order valence-electron chi connectivity index (χ4n) is 2.67. The molecule has 2 fully saturated rings. The highest BCUT2D eigenvalue weighted by Gasteiger charge is 2.58. The smallest absolute Gasteiger partial charge is 0.109 e. The summed E-state index contributed by atoms with van der Waals surface area (Å²) >= 11 is 0. The van der Waals surface area contributed by atoms with E-state index in [1.54, 1.807) is 0 Å². The Hall–Kier alpha value is -0.760. The zero-order chi connectivity index (χ0) is 10.8. The molecule has 0 spiro atoms. The topological polar surface area (TPSA) is 39.2 Å². The maximum atomic E-state index is 6.04. The van der Waals surface area contributed by atoms with Gasteiger partial charge >= 0.3 is 0 Å². The molecule has 4 unspecified atom stereocenters. The number of hydrogen-bond donors (Lipinski definition) is 1. The minimum absolute atomic E-state index is 0.226. The molecule has 2 heteroatoms. The first kappa shape index (κ1) is 9.46. The molecule has 4 atom stereocenters. The molecule has 2 nitrogen and oxygen atoms in total. The number of rotatable bonds is 2. The highest BCUT2D eigenvalue weighted by molar-refractivity contribution is 5.30. The fourth-order valence-corrected chi connectivity index (χ4v) is 2.67. The molecule has 2 aliphatic rings. The maximum Gasteiger partial charge on any atom is 0.109 e. The van der Waals surface area contributed by atoms with E-state index in [9.17, 15) is 0 Å². The summed E-state index contributed by atoms with van der Waals surface area (Å²) < 4.78 is 5.93. The first-order valence-corrected chi connectivity index (χ1v) is 5.87. The molecule has 0 aromatic carbocycles. The van der Waals surface area contributed by atoms with E-state index < -0.39 is 0 Å². The first-order chi connectivity index (χ1) is 7.01. The van der Waals surface area contributed by atoms with E-state index in [4.69, 9.17) is 10.2 Å². The largest absolute Gasteiger partial charge is 0.465 e. The minimum atomic E-state index is 0.226. The van der Waals surface area contributed by atoms with Gasteiger partial charge in [0.05, 0.1) is 0 Å². The van der Waals surface area contributed by atoms with Gasteiger partial charge in [-0.15, -0.1) is 0 Å². The SMILES string of the molecule is CC1CC1c1ccc(C2C(N)C2(C)C)o1.